The van der Waals surface area contributed by atoms with Crippen LogP contribution >= 0.6 is 0 Å². The minimum absolute atomic E-state index is 0.0757. The highest BCUT2D eigenvalue weighted by Crippen LogP contribution is 2.32. The summed E-state index contributed by atoms with van der Waals surface area (Å²) in [5.74, 6) is 0. The number of hydrogen-bond donors (Lipinski definition) is 3. The lowest BCUT2D eigenvalue weighted by atomic mass is 10.0. The molecule has 0 unspecified atom stereocenters. The number of nitrogens with one attached hydrogen (secondary N) is 3. The van der Waals surface area contributed by atoms with Crippen LogP contribution in [0.3, 0.4) is 0 Å². The van der Waals surface area contributed by atoms with E-state index in [4.69, 9.17) is 0 Å². The molecule has 7 nitrogen and oxygen atoms in total. The Morgan fingerprint density at radius 1 is 1.18 bits per heavy atom. The van der Waals surface area contributed by atoms with E-state index in [2.05, 4.69) is 44.5 Å². The third kappa shape index (κ3) is 2.58. The van der Waals surface area contributed by atoms with Gasteiger partial charge in [0, 0.05) is 24.3 Å². The van der Waals surface area contributed by atoms with Crippen LogP contribution in [0.5, 0.6) is 0 Å². The average molecular weight is 376 g/mol. The van der Waals surface area contributed by atoms with Crippen LogP contribution in [0.15, 0.2) is 35.4 Å². The largest absolute Gasteiger partial charge is 0.384 e. The first-order valence-electron chi connectivity index (χ1n) is 9.73. The lowest BCUT2D eigenvalue weighted by molar-refractivity contribution is 0.396. The number of imidazole rings is 1. The number of anilines is 2. The minimum Gasteiger partial charge on any atom is -0.384 e. The van der Waals surface area contributed by atoms with Crippen LogP contribution in [-0.4, -0.2) is 41.5 Å². The molecule has 0 bridgehead atoms. The van der Waals surface area contributed by atoms with Crippen molar-refractivity contribution >= 4 is 38.7 Å². The number of fused-ring (bicyclic) bond motifs is 4. The predicted molar refractivity (Wildman–Crippen MR) is 114 cm³/mol. The summed E-state index contributed by atoms with van der Waals surface area (Å²) in [6, 6.07) is 8.00. The molecule has 2 aromatic heterocycles. The molecule has 5 rings (SSSR count). The molecule has 0 saturated carbocycles. The van der Waals surface area contributed by atoms with Gasteiger partial charge in [-0.05, 0) is 57.7 Å². The van der Waals surface area contributed by atoms with Gasteiger partial charge in [0.15, 0.2) is 5.43 Å². The second-order valence-electron chi connectivity index (χ2n) is 7.70. The number of unbranched alkanes of at least 4 members (excludes halogenated alkanes) is 1. The molecule has 0 saturated heterocycles. The van der Waals surface area contributed by atoms with Crippen LogP contribution < -0.4 is 21.6 Å². The van der Waals surface area contributed by atoms with Crippen molar-refractivity contribution in [2.24, 2.45) is 0 Å². The topological polar surface area (TPSA) is 73.7 Å². The Morgan fingerprint density at radius 2 is 2.07 bits per heavy atom. The van der Waals surface area contributed by atoms with Crippen LogP contribution in [0.4, 0.5) is 11.4 Å². The van der Waals surface area contributed by atoms with Gasteiger partial charge in [0.2, 0.25) is 0 Å². The van der Waals surface area contributed by atoms with Crippen molar-refractivity contribution in [1.29, 1.82) is 0 Å². The van der Waals surface area contributed by atoms with Crippen molar-refractivity contribution in [1.82, 2.24) is 19.7 Å². The van der Waals surface area contributed by atoms with Crippen molar-refractivity contribution in [3.05, 3.63) is 46.4 Å². The normalized spacial score (nSPS) is 13.7. The summed E-state index contributed by atoms with van der Waals surface area (Å²) in [5.41, 5.74) is 11.9. The monoisotopic (exact) mass is 376 g/mol. The lowest BCUT2D eigenvalue weighted by Crippen LogP contribution is -2.15. The summed E-state index contributed by atoms with van der Waals surface area (Å²) in [6.45, 7) is 2.55. The maximum atomic E-state index is 13.6. The second kappa shape index (κ2) is 6.61. The van der Waals surface area contributed by atoms with Crippen LogP contribution in [-0.2, 0) is 6.54 Å². The first-order chi connectivity index (χ1) is 13.6. The minimum atomic E-state index is 0.0757. The van der Waals surface area contributed by atoms with Crippen molar-refractivity contribution in [3.8, 4) is 0 Å². The number of nitrogens with zero attached hydrogens (tertiary/aromatic N) is 3. The summed E-state index contributed by atoms with van der Waals surface area (Å²) in [7, 11) is 4.18. The van der Waals surface area contributed by atoms with Crippen LogP contribution in [0.1, 0.15) is 18.4 Å². The van der Waals surface area contributed by atoms with E-state index < -0.39 is 0 Å². The number of hydrazine groups is 1. The third-order valence-corrected chi connectivity index (χ3v) is 5.55. The number of rotatable bonds is 6. The van der Waals surface area contributed by atoms with Gasteiger partial charge in [0.05, 0.1) is 33.0 Å². The summed E-state index contributed by atoms with van der Waals surface area (Å²) in [6.07, 6.45) is 4.00. The maximum Gasteiger partial charge on any atom is 0.199 e. The fraction of sp³-hybridized carbons (Fsp3) is 0.333. The molecular weight excluding hydrogens is 352 g/mol. The van der Waals surface area contributed by atoms with Crippen molar-refractivity contribution in [2.75, 3.05) is 37.9 Å². The standard InChI is InChI=1S/C21H24N6O/c1-26(2)10-4-3-9-22-15-5-6-16-20-19(15)21(28)18-13-11-24-25-14(13)7-8-17(18)27(20)12-23-16/h5-8,12,22,24-25H,3-4,9-11H2,1-2H3. The van der Waals surface area contributed by atoms with E-state index in [-0.39, 0.29) is 5.43 Å². The van der Waals surface area contributed by atoms with Crippen LogP contribution in [0, 0.1) is 0 Å². The molecule has 3 N–H and O–H groups in total. The van der Waals surface area contributed by atoms with Gasteiger partial charge in [-0.15, -0.1) is 0 Å². The highest BCUT2D eigenvalue weighted by Gasteiger charge is 2.21. The van der Waals surface area contributed by atoms with E-state index in [1.165, 1.54) is 0 Å². The van der Waals surface area contributed by atoms with E-state index in [1.54, 1.807) is 0 Å². The molecule has 0 fully saturated rings. The first-order valence-corrected chi connectivity index (χ1v) is 9.73. The Morgan fingerprint density at radius 3 is 2.93 bits per heavy atom. The molecule has 7 heteroatoms. The maximum absolute atomic E-state index is 13.6. The lowest BCUT2D eigenvalue weighted by Gasteiger charge is -2.13. The molecular formula is C21H24N6O. The van der Waals surface area contributed by atoms with E-state index in [0.29, 0.717) is 6.54 Å². The van der Waals surface area contributed by atoms with E-state index in [1.807, 2.05) is 30.6 Å². The Balaban J connectivity index is 1.65. The van der Waals surface area contributed by atoms with Crippen molar-refractivity contribution < 1.29 is 0 Å². The molecule has 3 heterocycles. The third-order valence-electron chi connectivity index (χ3n) is 5.55. The van der Waals surface area contributed by atoms with Gasteiger partial charge >= 0.3 is 0 Å². The fourth-order valence-electron chi connectivity index (χ4n) is 4.18. The van der Waals surface area contributed by atoms with Crippen molar-refractivity contribution in [2.45, 2.75) is 19.4 Å². The van der Waals surface area contributed by atoms with Gasteiger partial charge < -0.3 is 15.6 Å². The summed E-state index contributed by atoms with van der Waals surface area (Å²) in [4.78, 5) is 20.3. The number of hydrogen-bond acceptors (Lipinski definition) is 6. The van der Waals surface area contributed by atoms with Gasteiger partial charge in [-0.3, -0.25) is 9.20 Å². The number of benzene rings is 2. The second-order valence-corrected chi connectivity index (χ2v) is 7.70. The van der Waals surface area contributed by atoms with E-state index in [0.717, 1.165) is 70.2 Å². The van der Waals surface area contributed by atoms with E-state index in [9.17, 15) is 4.79 Å². The molecule has 144 valence electrons. The van der Waals surface area contributed by atoms with Gasteiger partial charge in [-0.1, -0.05) is 0 Å². The molecule has 28 heavy (non-hydrogen) atoms. The zero-order chi connectivity index (χ0) is 19.3. The van der Waals surface area contributed by atoms with Gasteiger partial charge in [-0.25, -0.2) is 10.4 Å². The number of pyridine rings is 1. The zero-order valence-electron chi connectivity index (χ0n) is 16.2. The smallest absolute Gasteiger partial charge is 0.199 e. The van der Waals surface area contributed by atoms with Crippen molar-refractivity contribution in [3.63, 3.8) is 0 Å². The molecule has 0 amide bonds. The van der Waals surface area contributed by atoms with Gasteiger partial charge in [0.1, 0.15) is 6.33 Å². The molecule has 2 aromatic carbocycles. The van der Waals surface area contributed by atoms with Gasteiger partial charge in [-0.2, -0.15) is 0 Å². The zero-order valence-corrected chi connectivity index (χ0v) is 16.2. The average Bonchev–Trinajstić information content (AvgIpc) is 3.32. The molecule has 0 atom stereocenters. The molecule has 1 aliphatic heterocycles. The molecule has 1 aliphatic rings. The van der Waals surface area contributed by atoms with Crippen LogP contribution in [0.25, 0.3) is 27.3 Å². The van der Waals surface area contributed by atoms with Gasteiger partial charge in [0.25, 0.3) is 0 Å². The number of aromatic nitrogens is 2. The molecule has 0 spiro atoms. The summed E-state index contributed by atoms with van der Waals surface area (Å²) < 4.78 is 2.05. The Kier molecular flexibility index (Phi) is 4.07. The summed E-state index contributed by atoms with van der Waals surface area (Å²) in [5, 5.41) is 5.00. The molecule has 0 radical (unpaired) electrons. The first kappa shape index (κ1) is 17.2. The summed E-state index contributed by atoms with van der Waals surface area (Å²) >= 11 is 0. The highest BCUT2D eigenvalue weighted by atomic mass is 16.1. The Bertz CT molecular complexity index is 1230. The SMILES string of the molecule is CN(C)CCCCNc1ccc2ncn3c4ccc5c(c4c(=O)c1c23)CNN5. The molecule has 4 aromatic rings. The Labute approximate surface area is 162 Å². The van der Waals surface area contributed by atoms with Crippen LogP contribution in [0.2, 0.25) is 0 Å². The Hall–Kier alpha value is -2.90. The predicted octanol–water partition coefficient (Wildman–Crippen LogP) is 2.62. The quantitative estimate of drug-likeness (QED) is 0.355. The highest BCUT2D eigenvalue weighted by molar-refractivity contribution is 6.08. The molecule has 0 aliphatic carbocycles. The van der Waals surface area contributed by atoms with E-state index >= 15 is 0 Å². The fourth-order valence-corrected chi connectivity index (χ4v) is 4.18.